The van der Waals surface area contributed by atoms with Crippen LogP contribution < -0.4 is 5.32 Å². The molecule has 0 saturated heterocycles. The molecule has 0 aliphatic heterocycles. The van der Waals surface area contributed by atoms with Gasteiger partial charge in [-0.3, -0.25) is 0 Å². The molecule has 0 unspecified atom stereocenters. The Morgan fingerprint density at radius 1 is 1.13 bits per heavy atom. The first-order chi connectivity index (χ1) is 14.3. The summed E-state index contributed by atoms with van der Waals surface area (Å²) >= 11 is 6.32. The lowest BCUT2D eigenvalue weighted by molar-refractivity contribution is -0.137. The molecular weight excluding hydrogens is 415 g/mol. The minimum atomic E-state index is -4.48. The third-order valence-corrected chi connectivity index (χ3v) is 4.95. The molecule has 30 heavy (non-hydrogen) atoms. The zero-order valence-corrected chi connectivity index (χ0v) is 17.1. The maximum absolute atomic E-state index is 12.9. The van der Waals surface area contributed by atoms with E-state index in [2.05, 4.69) is 10.3 Å². The summed E-state index contributed by atoms with van der Waals surface area (Å²) in [4.78, 5) is 18.7. The van der Waals surface area contributed by atoms with E-state index in [1.165, 1.54) is 17.0 Å². The first-order valence-corrected chi connectivity index (χ1v) is 9.93. The van der Waals surface area contributed by atoms with Gasteiger partial charge in [-0.2, -0.15) is 13.2 Å². The summed E-state index contributed by atoms with van der Waals surface area (Å²) < 4.78 is 38.8. The summed E-state index contributed by atoms with van der Waals surface area (Å²) in [6, 6.07) is 13.5. The molecular formula is C22H21ClF3N3O. The van der Waals surface area contributed by atoms with Crippen molar-refractivity contribution in [3.8, 4) is 0 Å². The summed E-state index contributed by atoms with van der Waals surface area (Å²) in [5.74, 6) is 0. The van der Waals surface area contributed by atoms with E-state index < -0.39 is 17.8 Å². The van der Waals surface area contributed by atoms with Crippen LogP contribution in [0.1, 0.15) is 30.9 Å². The first kappa shape index (κ1) is 21.9. The average molecular weight is 436 g/mol. The maximum Gasteiger partial charge on any atom is 0.416 e. The van der Waals surface area contributed by atoms with Crippen molar-refractivity contribution < 1.29 is 18.0 Å². The van der Waals surface area contributed by atoms with Gasteiger partial charge in [0, 0.05) is 23.2 Å². The number of carbonyl (C=O) groups is 1. The van der Waals surface area contributed by atoms with Crippen molar-refractivity contribution in [3.05, 3.63) is 70.9 Å². The van der Waals surface area contributed by atoms with Crippen molar-refractivity contribution >= 4 is 34.2 Å². The van der Waals surface area contributed by atoms with Gasteiger partial charge in [-0.1, -0.05) is 49.2 Å². The normalized spacial score (nSPS) is 11.5. The number of alkyl halides is 3. The van der Waals surface area contributed by atoms with Gasteiger partial charge in [0.15, 0.2) is 0 Å². The van der Waals surface area contributed by atoms with E-state index in [-0.39, 0.29) is 12.2 Å². The highest BCUT2D eigenvalue weighted by atomic mass is 35.5. The van der Waals surface area contributed by atoms with Gasteiger partial charge in [0.1, 0.15) is 5.15 Å². The number of unbranched alkanes of at least 4 members (excludes halogenated alkanes) is 1. The smallest absolute Gasteiger partial charge is 0.320 e. The van der Waals surface area contributed by atoms with E-state index in [1.54, 1.807) is 0 Å². The largest absolute Gasteiger partial charge is 0.416 e. The number of nitrogens with one attached hydrogen (secondary N) is 1. The number of rotatable bonds is 6. The summed E-state index contributed by atoms with van der Waals surface area (Å²) in [6.07, 6.45) is -2.88. The topological polar surface area (TPSA) is 45.2 Å². The molecule has 1 N–H and O–H groups in total. The van der Waals surface area contributed by atoms with Gasteiger partial charge in [0.05, 0.1) is 17.6 Å². The van der Waals surface area contributed by atoms with Crippen molar-refractivity contribution in [2.24, 2.45) is 0 Å². The lowest BCUT2D eigenvalue weighted by Crippen LogP contribution is -2.35. The molecule has 0 fully saturated rings. The van der Waals surface area contributed by atoms with Crippen molar-refractivity contribution in [1.29, 1.82) is 0 Å². The molecule has 0 atom stereocenters. The SMILES string of the molecule is CCCCN(Cc1cc2ccccc2nc1Cl)C(=O)Nc1cccc(C(F)(F)F)c1. The molecule has 2 aromatic carbocycles. The quantitative estimate of drug-likeness (QED) is 0.436. The fourth-order valence-electron chi connectivity index (χ4n) is 3.03. The number of anilines is 1. The highest BCUT2D eigenvalue weighted by Crippen LogP contribution is 2.31. The molecule has 3 rings (SSSR count). The number of halogens is 4. The Bertz CT molecular complexity index is 1040. The molecule has 0 bridgehead atoms. The van der Waals surface area contributed by atoms with Crippen LogP contribution in [0.15, 0.2) is 54.6 Å². The third-order valence-electron chi connectivity index (χ3n) is 4.62. The van der Waals surface area contributed by atoms with Crippen LogP contribution in [0.2, 0.25) is 5.15 Å². The molecule has 1 heterocycles. The molecule has 4 nitrogen and oxygen atoms in total. The second-order valence-corrected chi connectivity index (χ2v) is 7.27. The molecule has 8 heteroatoms. The van der Waals surface area contributed by atoms with E-state index in [0.717, 1.165) is 35.9 Å². The fraction of sp³-hybridized carbons (Fsp3) is 0.273. The Kier molecular flexibility index (Phi) is 6.82. The number of hydrogen-bond donors (Lipinski definition) is 1. The first-order valence-electron chi connectivity index (χ1n) is 9.55. The Morgan fingerprint density at radius 2 is 1.90 bits per heavy atom. The zero-order valence-electron chi connectivity index (χ0n) is 16.3. The molecule has 0 spiro atoms. The highest BCUT2D eigenvalue weighted by molar-refractivity contribution is 6.30. The van der Waals surface area contributed by atoms with Crippen LogP contribution in [0.5, 0.6) is 0 Å². The van der Waals surface area contributed by atoms with Crippen LogP contribution in [0.3, 0.4) is 0 Å². The third kappa shape index (κ3) is 5.42. The van der Waals surface area contributed by atoms with E-state index in [4.69, 9.17) is 11.6 Å². The number of aromatic nitrogens is 1. The van der Waals surface area contributed by atoms with Crippen LogP contribution >= 0.6 is 11.6 Å². The average Bonchev–Trinajstić information content (AvgIpc) is 2.70. The van der Waals surface area contributed by atoms with Crippen molar-refractivity contribution in [3.63, 3.8) is 0 Å². The Balaban J connectivity index is 1.82. The van der Waals surface area contributed by atoms with Crippen LogP contribution in [0.25, 0.3) is 10.9 Å². The monoisotopic (exact) mass is 435 g/mol. The Morgan fingerprint density at radius 3 is 2.63 bits per heavy atom. The lowest BCUT2D eigenvalue weighted by Gasteiger charge is -2.24. The molecule has 0 radical (unpaired) electrons. The summed E-state index contributed by atoms with van der Waals surface area (Å²) in [5, 5.41) is 3.75. The number of para-hydroxylation sites is 1. The van der Waals surface area contributed by atoms with E-state index in [9.17, 15) is 18.0 Å². The van der Waals surface area contributed by atoms with Crippen LogP contribution in [0, 0.1) is 0 Å². The maximum atomic E-state index is 12.9. The molecule has 0 aliphatic carbocycles. The van der Waals surface area contributed by atoms with Crippen LogP contribution in [-0.2, 0) is 12.7 Å². The Labute approximate surface area is 177 Å². The van der Waals surface area contributed by atoms with Gasteiger partial charge in [-0.25, -0.2) is 9.78 Å². The predicted octanol–water partition coefficient (Wildman–Crippen LogP) is 6.74. The number of fused-ring (bicyclic) bond motifs is 1. The van der Waals surface area contributed by atoms with Gasteiger partial charge in [-0.05, 0) is 36.8 Å². The van der Waals surface area contributed by atoms with Gasteiger partial charge in [0.2, 0.25) is 0 Å². The van der Waals surface area contributed by atoms with Gasteiger partial charge < -0.3 is 10.2 Å². The minimum absolute atomic E-state index is 0.0825. The number of carbonyl (C=O) groups excluding carboxylic acids is 1. The number of amides is 2. The molecule has 158 valence electrons. The van der Waals surface area contributed by atoms with Gasteiger partial charge >= 0.3 is 12.2 Å². The van der Waals surface area contributed by atoms with Crippen LogP contribution in [0.4, 0.5) is 23.7 Å². The second-order valence-electron chi connectivity index (χ2n) is 6.91. The number of urea groups is 1. The van der Waals surface area contributed by atoms with Crippen molar-refractivity contribution in [2.45, 2.75) is 32.5 Å². The number of hydrogen-bond acceptors (Lipinski definition) is 2. The summed E-state index contributed by atoms with van der Waals surface area (Å²) in [7, 11) is 0. The van der Waals surface area contributed by atoms with Gasteiger partial charge in [-0.15, -0.1) is 0 Å². The fourth-order valence-corrected chi connectivity index (χ4v) is 3.24. The standard InChI is InChI=1S/C22H21ClF3N3O/c1-2-3-11-29(14-16-12-15-7-4-5-10-19(15)28-20(16)23)21(30)27-18-9-6-8-17(13-18)22(24,25)26/h4-10,12-13H,2-3,11,14H2,1H3,(H,27,30). The van der Waals surface area contributed by atoms with E-state index in [1.807, 2.05) is 37.3 Å². The van der Waals surface area contributed by atoms with E-state index in [0.29, 0.717) is 17.3 Å². The molecule has 0 aliphatic rings. The molecule has 1 aromatic heterocycles. The van der Waals surface area contributed by atoms with Crippen LogP contribution in [-0.4, -0.2) is 22.5 Å². The molecule has 3 aromatic rings. The van der Waals surface area contributed by atoms with E-state index >= 15 is 0 Å². The number of nitrogens with zero attached hydrogens (tertiary/aromatic N) is 2. The summed E-state index contributed by atoms with van der Waals surface area (Å²) in [5.41, 5.74) is 0.687. The minimum Gasteiger partial charge on any atom is -0.320 e. The lowest BCUT2D eigenvalue weighted by atomic mass is 10.1. The number of pyridine rings is 1. The predicted molar refractivity (Wildman–Crippen MR) is 113 cm³/mol. The van der Waals surface area contributed by atoms with Crippen molar-refractivity contribution in [1.82, 2.24) is 9.88 Å². The van der Waals surface area contributed by atoms with Gasteiger partial charge in [0.25, 0.3) is 0 Å². The summed E-state index contributed by atoms with van der Waals surface area (Å²) in [6.45, 7) is 2.62. The second kappa shape index (κ2) is 9.34. The number of benzene rings is 2. The highest BCUT2D eigenvalue weighted by Gasteiger charge is 2.30. The molecule has 2 amide bonds. The van der Waals surface area contributed by atoms with Crippen molar-refractivity contribution in [2.75, 3.05) is 11.9 Å². The zero-order chi connectivity index (χ0) is 21.7. The molecule has 0 saturated carbocycles. The Hall–Kier alpha value is -2.80.